The summed E-state index contributed by atoms with van der Waals surface area (Å²) in [6, 6.07) is 1.86. The van der Waals surface area contributed by atoms with Gasteiger partial charge >= 0.3 is 0 Å². The van der Waals surface area contributed by atoms with E-state index in [2.05, 4.69) is 10.3 Å². The number of aromatic nitrogens is 1. The van der Waals surface area contributed by atoms with Gasteiger partial charge in [0.1, 0.15) is 0 Å². The predicted octanol–water partition coefficient (Wildman–Crippen LogP) is 0.246. The Hall–Kier alpha value is -1.62. The summed E-state index contributed by atoms with van der Waals surface area (Å²) in [6.07, 6.45) is 0. The van der Waals surface area contributed by atoms with Crippen molar-refractivity contribution in [2.24, 2.45) is 0 Å². The van der Waals surface area contributed by atoms with Crippen LogP contribution in [0.15, 0.2) is 6.07 Å². The lowest BCUT2D eigenvalue weighted by Gasteiger charge is -2.25. The molecule has 2 N–H and O–H groups in total. The molecule has 0 aromatic carbocycles. The molecule has 0 saturated carbocycles. The second-order valence-electron chi connectivity index (χ2n) is 4.47. The highest BCUT2D eigenvalue weighted by atomic mass is 16.2. The zero-order valence-corrected chi connectivity index (χ0v) is 10.2. The Labute approximate surface area is 100 Å². The molecule has 0 aliphatic carbocycles. The summed E-state index contributed by atoms with van der Waals surface area (Å²) in [7, 11) is 0. The predicted molar refractivity (Wildman–Crippen MR) is 64.0 cm³/mol. The highest BCUT2D eigenvalue weighted by Crippen LogP contribution is 2.11. The van der Waals surface area contributed by atoms with Crippen molar-refractivity contribution in [3.63, 3.8) is 0 Å². The summed E-state index contributed by atoms with van der Waals surface area (Å²) < 4.78 is 0. The number of ketones is 1. The number of Topliss-reactive ketones (excluding diaryl/α,β-unsaturated/α-hetero) is 1. The number of aromatic amines is 1. The third-order valence-electron chi connectivity index (χ3n) is 2.93. The van der Waals surface area contributed by atoms with E-state index in [1.54, 1.807) is 0 Å². The van der Waals surface area contributed by atoms with Gasteiger partial charge in [-0.2, -0.15) is 0 Å². The van der Waals surface area contributed by atoms with Crippen LogP contribution < -0.4 is 5.32 Å². The molecule has 0 radical (unpaired) electrons. The zero-order valence-electron chi connectivity index (χ0n) is 10.2. The van der Waals surface area contributed by atoms with Gasteiger partial charge < -0.3 is 10.3 Å². The molecule has 5 nitrogen and oxygen atoms in total. The van der Waals surface area contributed by atoms with Gasteiger partial charge in [0.05, 0.1) is 13.1 Å². The van der Waals surface area contributed by atoms with Crippen LogP contribution in [-0.4, -0.2) is 47.8 Å². The zero-order chi connectivity index (χ0) is 12.4. The average molecular weight is 235 g/mol. The van der Waals surface area contributed by atoms with Gasteiger partial charge in [0.25, 0.3) is 0 Å². The minimum Gasteiger partial charge on any atom is -0.362 e. The Morgan fingerprint density at radius 3 is 2.82 bits per heavy atom. The van der Waals surface area contributed by atoms with Gasteiger partial charge in [-0.1, -0.05) is 0 Å². The van der Waals surface area contributed by atoms with E-state index in [1.165, 1.54) is 0 Å². The van der Waals surface area contributed by atoms with Crippen molar-refractivity contribution in [1.29, 1.82) is 0 Å². The van der Waals surface area contributed by atoms with Crippen molar-refractivity contribution < 1.29 is 9.59 Å². The second kappa shape index (κ2) is 4.71. The van der Waals surface area contributed by atoms with Crippen LogP contribution in [-0.2, 0) is 4.79 Å². The molecule has 5 heteroatoms. The van der Waals surface area contributed by atoms with Crippen LogP contribution >= 0.6 is 0 Å². The normalized spacial score (nSPS) is 16.9. The maximum absolute atomic E-state index is 12.1. The van der Waals surface area contributed by atoms with E-state index < -0.39 is 0 Å². The molecule has 0 spiro atoms. The average Bonchev–Trinajstić information content (AvgIpc) is 2.58. The number of rotatable bonds is 3. The Bertz CT molecular complexity index is 451. The fourth-order valence-corrected chi connectivity index (χ4v) is 2.13. The fourth-order valence-electron chi connectivity index (χ4n) is 2.13. The summed E-state index contributed by atoms with van der Waals surface area (Å²) in [5, 5.41) is 2.74. The highest BCUT2D eigenvalue weighted by molar-refractivity contribution is 5.99. The van der Waals surface area contributed by atoms with Gasteiger partial charge in [0, 0.05) is 30.0 Å². The molecular weight excluding hydrogens is 218 g/mol. The maximum Gasteiger partial charge on any atom is 0.234 e. The smallest absolute Gasteiger partial charge is 0.234 e. The third kappa shape index (κ3) is 2.74. The quantitative estimate of drug-likeness (QED) is 0.738. The molecule has 0 unspecified atom stereocenters. The molecule has 2 rings (SSSR count). The van der Waals surface area contributed by atoms with Crippen LogP contribution in [0.5, 0.6) is 0 Å². The van der Waals surface area contributed by atoms with Gasteiger partial charge in [0.15, 0.2) is 5.78 Å². The topological polar surface area (TPSA) is 65.2 Å². The van der Waals surface area contributed by atoms with Gasteiger partial charge in [-0.25, -0.2) is 0 Å². The number of nitrogens with zero attached hydrogens (tertiary/aromatic N) is 1. The molecule has 1 fully saturated rings. The number of hydrogen-bond donors (Lipinski definition) is 2. The van der Waals surface area contributed by atoms with Crippen LogP contribution in [0.25, 0.3) is 0 Å². The SMILES string of the molecule is Cc1cc(C(=O)CN2CCNC(=O)C2)c(C)[nH]1. The molecule has 2 heterocycles. The van der Waals surface area contributed by atoms with Crippen LogP contribution in [0.3, 0.4) is 0 Å². The van der Waals surface area contributed by atoms with Crippen LogP contribution in [0.4, 0.5) is 0 Å². The molecule has 1 aliphatic heterocycles. The number of amides is 1. The Balaban J connectivity index is 2.01. The first kappa shape index (κ1) is 11.9. The lowest BCUT2D eigenvalue weighted by Crippen LogP contribution is -2.49. The van der Waals surface area contributed by atoms with E-state index in [-0.39, 0.29) is 11.7 Å². The first-order chi connectivity index (χ1) is 8.06. The Kier molecular flexibility index (Phi) is 3.28. The number of carbonyl (C=O) groups excluding carboxylic acids is 2. The molecule has 17 heavy (non-hydrogen) atoms. The first-order valence-corrected chi connectivity index (χ1v) is 5.74. The van der Waals surface area contributed by atoms with Gasteiger partial charge in [-0.15, -0.1) is 0 Å². The number of piperazine rings is 1. The molecule has 1 saturated heterocycles. The van der Waals surface area contributed by atoms with Gasteiger partial charge in [0.2, 0.25) is 5.91 Å². The van der Waals surface area contributed by atoms with E-state index >= 15 is 0 Å². The summed E-state index contributed by atoms with van der Waals surface area (Å²) in [6.45, 7) is 5.80. The summed E-state index contributed by atoms with van der Waals surface area (Å²) in [4.78, 5) is 28.2. The fraction of sp³-hybridized carbons (Fsp3) is 0.500. The van der Waals surface area contributed by atoms with Crippen molar-refractivity contribution in [2.75, 3.05) is 26.2 Å². The van der Waals surface area contributed by atoms with Crippen LogP contribution in [0.1, 0.15) is 21.7 Å². The molecule has 92 valence electrons. The highest BCUT2D eigenvalue weighted by Gasteiger charge is 2.20. The monoisotopic (exact) mass is 235 g/mol. The minimum absolute atomic E-state index is 0.00831. The Morgan fingerprint density at radius 1 is 1.47 bits per heavy atom. The molecule has 0 bridgehead atoms. The summed E-state index contributed by atoms with van der Waals surface area (Å²) in [5.41, 5.74) is 2.62. The van der Waals surface area contributed by atoms with Crippen LogP contribution in [0, 0.1) is 13.8 Å². The molecule has 0 atom stereocenters. The molecule has 1 amide bonds. The minimum atomic E-state index is -0.00831. The van der Waals surface area contributed by atoms with Crippen molar-refractivity contribution in [1.82, 2.24) is 15.2 Å². The second-order valence-corrected chi connectivity index (χ2v) is 4.47. The van der Waals surface area contributed by atoms with Crippen molar-refractivity contribution in [2.45, 2.75) is 13.8 Å². The standard InChI is InChI=1S/C12H17N3O2/c1-8-5-10(9(2)14-8)11(16)6-15-4-3-13-12(17)7-15/h5,14H,3-4,6-7H2,1-2H3,(H,13,17). The van der Waals surface area contributed by atoms with E-state index in [0.29, 0.717) is 19.6 Å². The third-order valence-corrected chi connectivity index (χ3v) is 2.93. The van der Waals surface area contributed by atoms with Crippen LogP contribution in [0.2, 0.25) is 0 Å². The van der Waals surface area contributed by atoms with E-state index in [4.69, 9.17) is 0 Å². The van der Waals surface area contributed by atoms with E-state index in [0.717, 1.165) is 23.5 Å². The molecular formula is C12H17N3O2. The number of H-pyrrole nitrogens is 1. The van der Waals surface area contributed by atoms with Gasteiger partial charge in [-0.3, -0.25) is 14.5 Å². The summed E-state index contributed by atoms with van der Waals surface area (Å²) in [5.74, 6) is 0.0626. The maximum atomic E-state index is 12.1. The number of nitrogens with one attached hydrogen (secondary N) is 2. The summed E-state index contributed by atoms with van der Waals surface area (Å²) >= 11 is 0. The van der Waals surface area contributed by atoms with Gasteiger partial charge in [-0.05, 0) is 19.9 Å². The largest absolute Gasteiger partial charge is 0.362 e. The number of carbonyl (C=O) groups is 2. The molecule has 1 aromatic rings. The Morgan fingerprint density at radius 2 is 2.24 bits per heavy atom. The number of aryl methyl sites for hydroxylation is 2. The van der Waals surface area contributed by atoms with E-state index in [9.17, 15) is 9.59 Å². The molecule has 1 aliphatic rings. The van der Waals surface area contributed by atoms with Crippen molar-refractivity contribution >= 4 is 11.7 Å². The van der Waals surface area contributed by atoms with E-state index in [1.807, 2.05) is 24.8 Å². The molecule has 1 aromatic heterocycles. The first-order valence-electron chi connectivity index (χ1n) is 5.74. The van der Waals surface area contributed by atoms with Crippen molar-refractivity contribution in [3.8, 4) is 0 Å². The lowest BCUT2D eigenvalue weighted by atomic mass is 10.1. The van der Waals surface area contributed by atoms with Crippen molar-refractivity contribution in [3.05, 3.63) is 23.0 Å². The lowest BCUT2D eigenvalue weighted by molar-refractivity contribution is -0.123. The number of hydrogen-bond acceptors (Lipinski definition) is 3.